The Morgan fingerprint density at radius 2 is 1.74 bits per heavy atom. The molecule has 2 aromatic carbocycles. The quantitative estimate of drug-likeness (QED) is 0.745. The van der Waals surface area contributed by atoms with E-state index in [4.69, 9.17) is 0 Å². The van der Waals surface area contributed by atoms with Gasteiger partial charge in [-0.3, -0.25) is 4.79 Å². The monoisotopic (exact) mass is 440 g/mol. The first-order valence-electron chi connectivity index (χ1n) is 11.4. The number of carbonyl (C=O) groups excluding carboxylic acids is 1. The maximum absolute atomic E-state index is 13.2. The fourth-order valence-corrected chi connectivity index (χ4v) is 6.94. The molecule has 1 aliphatic heterocycles. The largest absolute Gasteiger partial charge is 0.348 e. The summed E-state index contributed by atoms with van der Waals surface area (Å²) in [6.07, 6.45) is 3.69. The van der Waals surface area contributed by atoms with Gasteiger partial charge in [0.2, 0.25) is 10.0 Å². The summed E-state index contributed by atoms with van der Waals surface area (Å²) >= 11 is 0. The molecule has 1 fully saturated rings. The molecule has 0 bridgehead atoms. The molecule has 6 heteroatoms. The van der Waals surface area contributed by atoms with Gasteiger partial charge in [-0.1, -0.05) is 56.3 Å². The molecular weight excluding hydrogens is 408 g/mol. The normalized spacial score (nSPS) is 20.5. The maximum Gasteiger partial charge on any atom is 0.251 e. The Kier molecular flexibility index (Phi) is 6.22. The summed E-state index contributed by atoms with van der Waals surface area (Å²) in [4.78, 5) is 13.2. The van der Waals surface area contributed by atoms with Crippen LogP contribution >= 0.6 is 0 Å². The molecule has 2 aliphatic rings. The molecule has 5 nitrogen and oxygen atoms in total. The number of rotatable bonds is 6. The second-order valence-electron chi connectivity index (χ2n) is 8.77. The number of nitrogens with one attached hydrogen (secondary N) is 1. The van der Waals surface area contributed by atoms with Crippen LogP contribution in [0.1, 0.15) is 60.2 Å². The van der Waals surface area contributed by atoms with Crippen LogP contribution in [0.4, 0.5) is 0 Å². The lowest BCUT2D eigenvalue weighted by molar-refractivity contribution is 0.0896. The molecule has 1 unspecified atom stereocenters. The molecule has 1 aliphatic carbocycles. The Bertz CT molecular complexity index is 1060. The number of aryl methyl sites for hydroxylation is 1. The van der Waals surface area contributed by atoms with Crippen LogP contribution < -0.4 is 5.32 Å². The van der Waals surface area contributed by atoms with Gasteiger partial charge in [0.15, 0.2) is 0 Å². The van der Waals surface area contributed by atoms with Crippen LogP contribution in [0.5, 0.6) is 0 Å². The fourth-order valence-electron chi connectivity index (χ4n) is 5.43. The second-order valence-corrected chi connectivity index (χ2v) is 10.9. The van der Waals surface area contributed by atoms with E-state index in [0.29, 0.717) is 19.5 Å². The van der Waals surface area contributed by atoms with Gasteiger partial charge in [0.05, 0.1) is 5.75 Å². The minimum Gasteiger partial charge on any atom is -0.348 e. The lowest BCUT2D eigenvalue weighted by Crippen LogP contribution is -2.54. The van der Waals surface area contributed by atoms with Crippen LogP contribution in [-0.2, 0) is 28.3 Å². The van der Waals surface area contributed by atoms with E-state index in [1.807, 2.05) is 37.3 Å². The van der Waals surface area contributed by atoms with Crippen LogP contribution in [0.15, 0.2) is 48.5 Å². The van der Waals surface area contributed by atoms with Crippen molar-refractivity contribution in [2.24, 2.45) is 0 Å². The van der Waals surface area contributed by atoms with Crippen LogP contribution in [-0.4, -0.2) is 43.5 Å². The topological polar surface area (TPSA) is 66.5 Å². The third kappa shape index (κ3) is 4.03. The molecule has 1 spiro atoms. The van der Waals surface area contributed by atoms with E-state index in [1.165, 1.54) is 11.1 Å². The molecule has 1 heterocycles. The van der Waals surface area contributed by atoms with Gasteiger partial charge in [-0.25, -0.2) is 12.7 Å². The number of carbonyl (C=O) groups is 1. The highest BCUT2D eigenvalue weighted by Gasteiger charge is 2.50. The first-order chi connectivity index (χ1) is 14.9. The molecule has 166 valence electrons. The Morgan fingerprint density at radius 1 is 1.06 bits per heavy atom. The van der Waals surface area contributed by atoms with Crippen LogP contribution in [0.25, 0.3) is 0 Å². The van der Waals surface area contributed by atoms with Gasteiger partial charge in [-0.2, -0.15) is 0 Å². The molecule has 0 radical (unpaired) electrons. The average molecular weight is 441 g/mol. The van der Waals surface area contributed by atoms with Crippen molar-refractivity contribution in [3.05, 3.63) is 70.8 Å². The first-order valence-corrected chi connectivity index (χ1v) is 13.0. The van der Waals surface area contributed by atoms with E-state index in [9.17, 15) is 13.2 Å². The van der Waals surface area contributed by atoms with Crippen LogP contribution in [0.3, 0.4) is 0 Å². The van der Waals surface area contributed by atoms with E-state index in [1.54, 1.807) is 4.31 Å². The summed E-state index contributed by atoms with van der Waals surface area (Å²) in [5, 5.41) is 3.35. The minimum atomic E-state index is -3.20. The molecule has 4 rings (SSSR count). The van der Waals surface area contributed by atoms with Crippen LogP contribution in [0.2, 0.25) is 0 Å². The van der Waals surface area contributed by atoms with Crippen LogP contribution in [0, 0.1) is 0 Å². The highest BCUT2D eigenvalue weighted by molar-refractivity contribution is 7.89. The molecule has 1 atom stereocenters. The Labute approximate surface area is 185 Å². The zero-order valence-electron chi connectivity index (χ0n) is 18.4. The fraction of sp³-hybridized carbons (Fsp3) is 0.480. The highest BCUT2D eigenvalue weighted by Crippen LogP contribution is 2.46. The lowest BCUT2D eigenvalue weighted by Gasteiger charge is -2.43. The average Bonchev–Trinajstić information content (AvgIpc) is 3.06. The summed E-state index contributed by atoms with van der Waals surface area (Å²) in [6.45, 7) is 4.98. The number of benzene rings is 2. The number of sulfonamides is 1. The Balaban J connectivity index is 1.61. The lowest BCUT2D eigenvalue weighted by atomic mass is 9.71. The third-order valence-electron chi connectivity index (χ3n) is 7.06. The van der Waals surface area contributed by atoms with Crippen molar-refractivity contribution in [1.82, 2.24) is 9.62 Å². The molecule has 0 saturated carbocycles. The minimum absolute atomic E-state index is 0.0293. The maximum atomic E-state index is 13.2. The highest BCUT2D eigenvalue weighted by atomic mass is 32.2. The van der Waals surface area contributed by atoms with Crippen molar-refractivity contribution in [2.75, 3.05) is 18.8 Å². The predicted molar refractivity (Wildman–Crippen MR) is 124 cm³/mol. The summed E-state index contributed by atoms with van der Waals surface area (Å²) in [5.74, 6) is 0.167. The van der Waals surface area contributed by atoms with E-state index >= 15 is 0 Å². The summed E-state index contributed by atoms with van der Waals surface area (Å²) in [6, 6.07) is 16.1. The summed E-state index contributed by atoms with van der Waals surface area (Å²) in [5.41, 5.74) is 4.10. The second kappa shape index (κ2) is 8.75. The smallest absolute Gasteiger partial charge is 0.251 e. The van der Waals surface area contributed by atoms with Crippen molar-refractivity contribution in [3.63, 3.8) is 0 Å². The Hall–Kier alpha value is -2.18. The number of nitrogens with zero attached hydrogens (tertiary/aromatic N) is 1. The molecule has 1 N–H and O–H groups in total. The van der Waals surface area contributed by atoms with Gasteiger partial charge in [0.25, 0.3) is 5.91 Å². The van der Waals surface area contributed by atoms with E-state index in [-0.39, 0.29) is 23.1 Å². The molecule has 31 heavy (non-hydrogen) atoms. The first kappa shape index (κ1) is 22.0. The van der Waals surface area contributed by atoms with Crippen molar-refractivity contribution >= 4 is 15.9 Å². The molecular formula is C25H32N2O3S. The standard InChI is InChI=1S/C25H32N2O3S/c1-3-17-31(29,30)27-15-13-25(14-16-27)22-12-8-6-10-20(22)18-23(25)26-24(28)21-11-7-5-9-19(21)4-2/h5-12,23H,3-4,13-18H2,1-2H3,(H,26,28). The zero-order chi connectivity index (χ0) is 22.1. The number of hydrogen-bond donors (Lipinski definition) is 1. The number of fused-ring (bicyclic) bond motifs is 2. The van der Waals surface area contributed by atoms with E-state index in [2.05, 4.69) is 30.4 Å². The van der Waals surface area contributed by atoms with E-state index in [0.717, 1.165) is 36.8 Å². The van der Waals surface area contributed by atoms with Gasteiger partial charge in [-0.05, 0) is 54.9 Å². The van der Waals surface area contributed by atoms with Gasteiger partial charge >= 0.3 is 0 Å². The summed E-state index contributed by atoms with van der Waals surface area (Å²) in [7, 11) is -3.20. The SMILES string of the molecule is CCCS(=O)(=O)N1CCC2(CC1)c1ccccc1CC2NC(=O)c1ccccc1CC. The summed E-state index contributed by atoms with van der Waals surface area (Å²) < 4.78 is 26.9. The van der Waals surface area contributed by atoms with Gasteiger partial charge in [-0.15, -0.1) is 0 Å². The molecule has 1 amide bonds. The van der Waals surface area contributed by atoms with Gasteiger partial charge in [0.1, 0.15) is 0 Å². The van der Waals surface area contributed by atoms with E-state index < -0.39 is 10.0 Å². The number of amides is 1. The molecule has 1 saturated heterocycles. The van der Waals surface area contributed by atoms with Gasteiger partial charge in [0, 0.05) is 30.1 Å². The predicted octanol–water partition coefficient (Wildman–Crippen LogP) is 3.68. The molecule has 2 aromatic rings. The third-order valence-corrected chi connectivity index (χ3v) is 9.14. The Morgan fingerprint density at radius 3 is 2.45 bits per heavy atom. The zero-order valence-corrected chi connectivity index (χ0v) is 19.2. The number of hydrogen-bond acceptors (Lipinski definition) is 3. The van der Waals surface area contributed by atoms with Crippen molar-refractivity contribution in [1.29, 1.82) is 0 Å². The van der Waals surface area contributed by atoms with Gasteiger partial charge < -0.3 is 5.32 Å². The van der Waals surface area contributed by atoms with Crippen molar-refractivity contribution in [3.8, 4) is 0 Å². The van der Waals surface area contributed by atoms with Crippen molar-refractivity contribution < 1.29 is 13.2 Å². The van der Waals surface area contributed by atoms with Crippen molar-refractivity contribution in [2.45, 2.75) is 57.4 Å². The number of piperidine rings is 1. The molecule has 0 aromatic heterocycles.